The van der Waals surface area contributed by atoms with E-state index in [1.807, 2.05) is 6.07 Å². The molecule has 0 aromatic heterocycles. The van der Waals surface area contributed by atoms with Gasteiger partial charge in [-0.25, -0.2) is 4.79 Å². The van der Waals surface area contributed by atoms with Crippen LogP contribution in [-0.4, -0.2) is 35.1 Å². The molecular weight excluding hydrogens is 234 g/mol. The Balaban J connectivity index is 2.64. The molecule has 0 bridgehead atoms. The van der Waals surface area contributed by atoms with Crippen molar-refractivity contribution in [1.82, 2.24) is 4.90 Å². The number of aliphatic carboxylic acids is 1. The van der Waals surface area contributed by atoms with Crippen molar-refractivity contribution in [3.05, 3.63) is 30.3 Å². The molecule has 0 spiro atoms. The second kappa shape index (κ2) is 6.91. The molecular formula is C12H13N3O3. The lowest BCUT2D eigenvalue weighted by atomic mass is 10.3. The summed E-state index contributed by atoms with van der Waals surface area (Å²) in [7, 11) is 0. The number of amides is 2. The van der Waals surface area contributed by atoms with Gasteiger partial charge in [0.15, 0.2) is 0 Å². The van der Waals surface area contributed by atoms with E-state index in [4.69, 9.17) is 10.4 Å². The Kier molecular flexibility index (Phi) is 5.19. The lowest BCUT2D eigenvalue weighted by Crippen LogP contribution is -2.39. The van der Waals surface area contributed by atoms with Crippen LogP contribution in [0.3, 0.4) is 0 Å². The fourth-order valence-electron chi connectivity index (χ4n) is 1.32. The van der Waals surface area contributed by atoms with Gasteiger partial charge >= 0.3 is 12.0 Å². The third-order valence-corrected chi connectivity index (χ3v) is 2.13. The van der Waals surface area contributed by atoms with Crippen LogP contribution in [0, 0.1) is 11.3 Å². The van der Waals surface area contributed by atoms with Crippen LogP contribution in [0.5, 0.6) is 0 Å². The number of carboxylic acid groups (broad SMARTS) is 1. The van der Waals surface area contributed by atoms with Crippen molar-refractivity contribution in [2.45, 2.75) is 6.42 Å². The number of carbonyl (C=O) groups is 2. The zero-order valence-corrected chi connectivity index (χ0v) is 9.67. The lowest BCUT2D eigenvalue weighted by Gasteiger charge is -2.19. The molecule has 1 aromatic carbocycles. The van der Waals surface area contributed by atoms with Crippen LogP contribution in [0.15, 0.2) is 30.3 Å². The first-order valence-corrected chi connectivity index (χ1v) is 5.33. The molecule has 6 heteroatoms. The summed E-state index contributed by atoms with van der Waals surface area (Å²) >= 11 is 0. The topological polar surface area (TPSA) is 93.4 Å². The van der Waals surface area contributed by atoms with Gasteiger partial charge in [0.05, 0.1) is 12.5 Å². The smallest absolute Gasteiger partial charge is 0.323 e. The van der Waals surface area contributed by atoms with Crippen LogP contribution >= 0.6 is 0 Å². The van der Waals surface area contributed by atoms with Gasteiger partial charge in [-0.15, -0.1) is 0 Å². The maximum Gasteiger partial charge on any atom is 0.323 e. The van der Waals surface area contributed by atoms with Gasteiger partial charge in [0.25, 0.3) is 0 Å². The molecule has 2 N–H and O–H groups in total. The molecule has 1 rings (SSSR count). The number of nitrogens with one attached hydrogen (secondary N) is 1. The molecule has 18 heavy (non-hydrogen) atoms. The number of hydrogen-bond acceptors (Lipinski definition) is 3. The van der Waals surface area contributed by atoms with Crippen LogP contribution in [0.4, 0.5) is 10.5 Å². The molecule has 0 aliphatic carbocycles. The van der Waals surface area contributed by atoms with Gasteiger partial charge in [0.2, 0.25) is 0 Å². The lowest BCUT2D eigenvalue weighted by molar-refractivity contribution is -0.137. The summed E-state index contributed by atoms with van der Waals surface area (Å²) in [5.41, 5.74) is 0.579. The van der Waals surface area contributed by atoms with Crippen LogP contribution < -0.4 is 5.32 Å². The quantitative estimate of drug-likeness (QED) is 0.824. The first-order valence-electron chi connectivity index (χ1n) is 5.33. The van der Waals surface area contributed by atoms with Gasteiger partial charge in [-0.3, -0.25) is 4.79 Å². The molecule has 6 nitrogen and oxygen atoms in total. The fraction of sp³-hybridized carbons (Fsp3) is 0.250. The molecule has 0 unspecified atom stereocenters. The summed E-state index contributed by atoms with van der Waals surface area (Å²) in [6.07, 6.45) is 0.0927. The van der Waals surface area contributed by atoms with Crippen molar-refractivity contribution >= 4 is 17.7 Å². The largest absolute Gasteiger partial charge is 0.480 e. The Morgan fingerprint density at radius 3 is 2.56 bits per heavy atom. The Labute approximate surface area is 104 Å². The summed E-state index contributed by atoms with van der Waals surface area (Å²) < 4.78 is 0. The zero-order chi connectivity index (χ0) is 13.4. The summed E-state index contributed by atoms with van der Waals surface area (Å²) in [6.45, 7) is -0.345. The minimum atomic E-state index is -1.11. The number of carbonyl (C=O) groups excluding carboxylic acids is 1. The normalized spacial score (nSPS) is 9.28. The third-order valence-electron chi connectivity index (χ3n) is 2.13. The van der Waals surface area contributed by atoms with Crippen molar-refractivity contribution < 1.29 is 14.7 Å². The van der Waals surface area contributed by atoms with E-state index in [0.717, 1.165) is 4.90 Å². The second-order valence-corrected chi connectivity index (χ2v) is 3.52. The van der Waals surface area contributed by atoms with Crippen molar-refractivity contribution in [2.24, 2.45) is 0 Å². The van der Waals surface area contributed by atoms with E-state index in [0.29, 0.717) is 5.69 Å². The van der Waals surface area contributed by atoms with Crippen molar-refractivity contribution in [3.63, 3.8) is 0 Å². The average Bonchev–Trinajstić information content (AvgIpc) is 2.35. The number of nitriles is 1. The second-order valence-electron chi connectivity index (χ2n) is 3.52. The number of nitrogens with zero attached hydrogens (tertiary/aromatic N) is 2. The molecule has 0 radical (unpaired) electrons. The molecule has 2 amide bonds. The standard InChI is InChI=1S/C12H13N3O3/c13-7-4-8-15(9-11(16)17)12(18)14-10-5-2-1-3-6-10/h1-3,5-6H,4,8-9H2,(H,14,18)(H,16,17). The van der Waals surface area contributed by atoms with Crippen molar-refractivity contribution in [3.8, 4) is 6.07 Å². The highest BCUT2D eigenvalue weighted by Crippen LogP contribution is 2.06. The Morgan fingerprint density at radius 2 is 2.00 bits per heavy atom. The van der Waals surface area contributed by atoms with E-state index in [2.05, 4.69) is 5.32 Å². The van der Waals surface area contributed by atoms with Crippen molar-refractivity contribution in [2.75, 3.05) is 18.4 Å². The minimum absolute atomic E-state index is 0.0848. The Morgan fingerprint density at radius 1 is 1.33 bits per heavy atom. The van der Waals surface area contributed by atoms with E-state index in [1.165, 1.54) is 0 Å². The van der Waals surface area contributed by atoms with Crippen LogP contribution in [0.25, 0.3) is 0 Å². The maximum atomic E-state index is 11.8. The van der Waals surface area contributed by atoms with Crippen LogP contribution in [0.2, 0.25) is 0 Å². The first-order chi connectivity index (χ1) is 8.63. The van der Waals surface area contributed by atoms with E-state index >= 15 is 0 Å². The van der Waals surface area contributed by atoms with E-state index < -0.39 is 18.5 Å². The van der Waals surface area contributed by atoms with E-state index in [-0.39, 0.29) is 13.0 Å². The Bertz CT molecular complexity index is 453. The van der Waals surface area contributed by atoms with Gasteiger partial charge in [-0.2, -0.15) is 5.26 Å². The van der Waals surface area contributed by atoms with Gasteiger partial charge < -0.3 is 15.3 Å². The molecule has 0 fully saturated rings. The SMILES string of the molecule is N#CCCN(CC(=O)O)C(=O)Nc1ccccc1. The number of anilines is 1. The molecule has 0 heterocycles. The summed E-state index contributed by atoms with van der Waals surface area (Å²) in [4.78, 5) is 23.5. The number of hydrogen-bond donors (Lipinski definition) is 2. The number of rotatable bonds is 5. The molecule has 0 aliphatic heterocycles. The summed E-state index contributed by atoms with van der Waals surface area (Å²) in [5.74, 6) is -1.11. The van der Waals surface area contributed by atoms with E-state index in [1.54, 1.807) is 30.3 Å². The molecule has 0 saturated heterocycles. The predicted molar refractivity (Wildman–Crippen MR) is 64.9 cm³/mol. The summed E-state index contributed by atoms with van der Waals surface area (Å²) in [6, 6.07) is 10.1. The molecule has 0 aliphatic rings. The van der Waals surface area contributed by atoms with Gasteiger partial charge in [-0.05, 0) is 12.1 Å². The van der Waals surface area contributed by atoms with E-state index in [9.17, 15) is 9.59 Å². The van der Waals surface area contributed by atoms with Crippen LogP contribution in [0.1, 0.15) is 6.42 Å². The van der Waals surface area contributed by atoms with Crippen LogP contribution in [-0.2, 0) is 4.79 Å². The highest BCUT2D eigenvalue weighted by atomic mass is 16.4. The van der Waals surface area contributed by atoms with Gasteiger partial charge in [0, 0.05) is 12.2 Å². The zero-order valence-electron chi connectivity index (χ0n) is 9.67. The number of urea groups is 1. The predicted octanol–water partition coefficient (Wildman–Crippen LogP) is 1.52. The molecule has 1 aromatic rings. The Hall–Kier alpha value is -2.55. The molecule has 0 saturated carbocycles. The number of carboxylic acids is 1. The monoisotopic (exact) mass is 247 g/mol. The first kappa shape index (κ1) is 13.5. The highest BCUT2D eigenvalue weighted by Gasteiger charge is 2.16. The fourth-order valence-corrected chi connectivity index (χ4v) is 1.32. The number of benzene rings is 1. The minimum Gasteiger partial charge on any atom is -0.480 e. The maximum absolute atomic E-state index is 11.8. The average molecular weight is 247 g/mol. The number of para-hydroxylation sites is 1. The highest BCUT2D eigenvalue weighted by molar-refractivity contribution is 5.91. The summed E-state index contributed by atoms with van der Waals surface area (Å²) in [5, 5.41) is 19.7. The molecule has 94 valence electrons. The third kappa shape index (κ3) is 4.53. The van der Waals surface area contributed by atoms with Crippen molar-refractivity contribution in [1.29, 1.82) is 5.26 Å². The van der Waals surface area contributed by atoms with Gasteiger partial charge in [-0.1, -0.05) is 18.2 Å². The molecule has 0 atom stereocenters. The van der Waals surface area contributed by atoms with Gasteiger partial charge in [0.1, 0.15) is 6.54 Å².